The fourth-order valence-corrected chi connectivity index (χ4v) is 3.13. The molecule has 1 aliphatic heterocycles. The molecule has 1 fully saturated rings. The summed E-state index contributed by atoms with van der Waals surface area (Å²) >= 11 is 1.27. The molecule has 0 aliphatic carbocycles. The Morgan fingerprint density at radius 3 is 2.59 bits per heavy atom. The third-order valence-corrected chi connectivity index (χ3v) is 4.55. The molecule has 1 aromatic rings. The number of carbonyl (C=O) groups is 3. The van der Waals surface area contributed by atoms with E-state index in [9.17, 15) is 14.4 Å². The van der Waals surface area contributed by atoms with Gasteiger partial charge in [-0.1, -0.05) is 11.8 Å². The lowest BCUT2D eigenvalue weighted by atomic mass is 10.1. The quantitative estimate of drug-likeness (QED) is 0.902. The Labute approximate surface area is 134 Å². The molecule has 5 nitrogen and oxygen atoms in total. The van der Waals surface area contributed by atoms with Gasteiger partial charge >= 0.3 is 0 Å². The molecule has 0 radical (unpaired) electrons. The average Bonchev–Trinajstić information content (AvgIpc) is 2.86. The summed E-state index contributed by atoms with van der Waals surface area (Å²) in [4.78, 5) is 36.6. The Morgan fingerprint density at radius 2 is 2.00 bits per heavy atom. The predicted octanol–water partition coefficient (Wildman–Crippen LogP) is 2.07. The normalized spacial score (nSPS) is 17.6. The van der Waals surface area contributed by atoms with Crippen molar-refractivity contribution in [1.29, 1.82) is 0 Å². The largest absolute Gasteiger partial charge is 0.352 e. The molecule has 1 heterocycles. The second kappa shape index (κ2) is 7.45. The minimum atomic E-state index is -0.113. The number of nitrogens with one attached hydrogen (secondary N) is 1. The monoisotopic (exact) mass is 320 g/mol. The Morgan fingerprint density at radius 1 is 1.32 bits per heavy atom. The maximum atomic E-state index is 12.1. The van der Waals surface area contributed by atoms with E-state index in [1.54, 1.807) is 36.1 Å². The van der Waals surface area contributed by atoms with E-state index in [1.165, 1.54) is 11.8 Å². The topological polar surface area (TPSA) is 66.5 Å². The molecule has 1 saturated heterocycles. The number of rotatable bonds is 5. The number of hydrogen-bond donors (Lipinski definition) is 1. The zero-order valence-electron chi connectivity index (χ0n) is 12.8. The molecule has 0 bridgehead atoms. The van der Waals surface area contributed by atoms with Crippen LogP contribution in [-0.4, -0.2) is 35.8 Å². The minimum absolute atomic E-state index is 0.0694. The van der Waals surface area contributed by atoms with E-state index in [4.69, 9.17) is 0 Å². The number of carbonyl (C=O) groups excluding carboxylic acids is 3. The van der Waals surface area contributed by atoms with Crippen LogP contribution in [0, 0.1) is 5.92 Å². The lowest BCUT2D eigenvalue weighted by Gasteiger charge is -2.17. The van der Waals surface area contributed by atoms with E-state index < -0.39 is 0 Å². The molecule has 0 spiro atoms. The first-order valence-corrected chi connectivity index (χ1v) is 8.31. The maximum absolute atomic E-state index is 12.1. The fourth-order valence-electron chi connectivity index (χ4n) is 2.43. The lowest BCUT2D eigenvalue weighted by molar-refractivity contribution is -0.117. The number of hydrogen-bond acceptors (Lipinski definition) is 4. The van der Waals surface area contributed by atoms with Crippen molar-refractivity contribution in [3.63, 3.8) is 0 Å². The zero-order chi connectivity index (χ0) is 16.1. The zero-order valence-corrected chi connectivity index (χ0v) is 13.6. The van der Waals surface area contributed by atoms with Gasteiger partial charge < -0.3 is 10.2 Å². The second-order valence-corrected chi connectivity index (χ2v) is 6.48. The average molecular weight is 320 g/mol. The molecule has 22 heavy (non-hydrogen) atoms. The summed E-state index contributed by atoms with van der Waals surface area (Å²) < 4.78 is 0. The van der Waals surface area contributed by atoms with Crippen LogP contribution in [0.2, 0.25) is 0 Å². The van der Waals surface area contributed by atoms with Crippen LogP contribution < -0.4 is 10.2 Å². The van der Waals surface area contributed by atoms with Crippen molar-refractivity contribution < 1.29 is 14.4 Å². The van der Waals surface area contributed by atoms with Crippen LogP contribution in [-0.2, 0) is 9.59 Å². The van der Waals surface area contributed by atoms with Crippen LogP contribution in [0.25, 0.3) is 0 Å². The van der Waals surface area contributed by atoms with Gasteiger partial charge in [0, 0.05) is 43.4 Å². The van der Waals surface area contributed by atoms with Gasteiger partial charge in [-0.15, -0.1) is 0 Å². The van der Waals surface area contributed by atoms with Gasteiger partial charge in [0.2, 0.25) is 5.91 Å². The highest BCUT2D eigenvalue weighted by atomic mass is 32.2. The molecular formula is C16H20N2O3S. The van der Waals surface area contributed by atoms with Gasteiger partial charge in [0.25, 0.3) is 5.91 Å². The van der Waals surface area contributed by atoms with Crippen molar-refractivity contribution in [3.8, 4) is 0 Å². The molecule has 0 aromatic heterocycles. The smallest absolute Gasteiger partial charge is 0.251 e. The summed E-state index contributed by atoms with van der Waals surface area (Å²) in [6.45, 7) is 4.62. The van der Waals surface area contributed by atoms with Gasteiger partial charge in [-0.25, -0.2) is 0 Å². The van der Waals surface area contributed by atoms with Crippen LogP contribution in [0.15, 0.2) is 24.3 Å². The molecule has 1 aliphatic rings. The van der Waals surface area contributed by atoms with Crippen molar-refractivity contribution >= 4 is 34.4 Å². The van der Waals surface area contributed by atoms with E-state index in [1.807, 2.05) is 6.92 Å². The standard InChI is InChI=1S/C16H20N2O3S/c1-3-17-16(21)13-4-6-14(7-5-13)18-9-12(8-15(18)20)10-22-11(2)19/h4-7,12H,3,8-10H2,1-2H3,(H,17,21). The minimum Gasteiger partial charge on any atom is -0.352 e. The Hall–Kier alpha value is -1.82. The van der Waals surface area contributed by atoms with Gasteiger partial charge in [0.05, 0.1) is 0 Å². The molecule has 1 N–H and O–H groups in total. The fraction of sp³-hybridized carbons (Fsp3) is 0.438. The highest BCUT2D eigenvalue weighted by Crippen LogP contribution is 2.27. The summed E-state index contributed by atoms with van der Waals surface area (Å²) in [5.41, 5.74) is 1.38. The van der Waals surface area contributed by atoms with Crippen LogP contribution in [0.3, 0.4) is 0 Å². The Kier molecular flexibility index (Phi) is 5.60. The van der Waals surface area contributed by atoms with Gasteiger partial charge in [0.15, 0.2) is 5.12 Å². The lowest BCUT2D eigenvalue weighted by Crippen LogP contribution is -2.25. The third kappa shape index (κ3) is 4.10. The molecule has 1 unspecified atom stereocenters. The first-order chi connectivity index (χ1) is 10.5. The molecule has 0 saturated carbocycles. The van der Waals surface area contributed by atoms with Crippen molar-refractivity contribution in [3.05, 3.63) is 29.8 Å². The van der Waals surface area contributed by atoms with E-state index >= 15 is 0 Å². The second-order valence-electron chi connectivity index (χ2n) is 5.28. The molecule has 118 valence electrons. The van der Waals surface area contributed by atoms with Gasteiger partial charge in [0.1, 0.15) is 0 Å². The van der Waals surface area contributed by atoms with Gasteiger partial charge in [-0.3, -0.25) is 14.4 Å². The molecule has 2 rings (SSSR count). The molecule has 1 aromatic carbocycles. The highest BCUT2D eigenvalue weighted by molar-refractivity contribution is 8.13. The molecule has 6 heteroatoms. The Balaban J connectivity index is 2.01. The molecule has 2 amide bonds. The maximum Gasteiger partial charge on any atom is 0.251 e. The van der Waals surface area contributed by atoms with E-state index in [0.717, 1.165) is 5.69 Å². The highest BCUT2D eigenvalue weighted by Gasteiger charge is 2.30. The number of thioether (sulfide) groups is 1. The van der Waals surface area contributed by atoms with Crippen LogP contribution >= 0.6 is 11.8 Å². The number of nitrogens with zero attached hydrogens (tertiary/aromatic N) is 1. The van der Waals surface area contributed by atoms with Crippen molar-refractivity contribution in [2.24, 2.45) is 5.92 Å². The third-order valence-electron chi connectivity index (χ3n) is 3.51. The van der Waals surface area contributed by atoms with Crippen molar-refractivity contribution in [2.45, 2.75) is 20.3 Å². The predicted molar refractivity (Wildman–Crippen MR) is 88.0 cm³/mol. The number of anilines is 1. The van der Waals surface area contributed by atoms with E-state index in [0.29, 0.717) is 30.8 Å². The first-order valence-electron chi connectivity index (χ1n) is 7.33. The van der Waals surface area contributed by atoms with E-state index in [2.05, 4.69) is 5.32 Å². The Bertz CT molecular complexity index is 571. The summed E-state index contributed by atoms with van der Waals surface area (Å²) in [5, 5.41) is 2.82. The summed E-state index contributed by atoms with van der Waals surface area (Å²) in [5.74, 6) is 0.830. The van der Waals surface area contributed by atoms with E-state index in [-0.39, 0.29) is 22.8 Å². The first kappa shape index (κ1) is 16.5. The van der Waals surface area contributed by atoms with Crippen molar-refractivity contribution in [1.82, 2.24) is 5.32 Å². The summed E-state index contributed by atoms with van der Waals surface area (Å²) in [6.07, 6.45) is 0.471. The van der Waals surface area contributed by atoms with Crippen LogP contribution in [0.4, 0.5) is 5.69 Å². The summed E-state index contributed by atoms with van der Waals surface area (Å²) in [7, 11) is 0. The van der Waals surface area contributed by atoms with Crippen LogP contribution in [0.5, 0.6) is 0 Å². The van der Waals surface area contributed by atoms with Gasteiger partial charge in [-0.2, -0.15) is 0 Å². The van der Waals surface area contributed by atoms with Gasteiger partial charge in [-0.05, 0) is 37.1 Å². The SMILES string of the molecule is CCNC(=O)c1ccc(N2CC(CSC(C)=O)CC2=O)cc1. The summed E-state index contributed by atoms with van der Waals surface area (Å²) in [6, 6.07) is 7.04. The number of amides is 2. The van der Waals surface area contributed by atoms with Crippen molar-refractivity contribution in [2.75, 3.05) is 23.7 Å². The number of benzene rings is 1. The molecular weight excluding hydrogens is 300 g/mol. The molecule has 1 atom stereocenters. The van der Waals surface area contributed by atoms with Crippen LogP contribution in [0.1, 0.15) is 30.6 Å².